The molecule has 2 heterocycles. The van der Waals surface area contributed by atoms with Gasteiger partial charge in [0, 0.05) is 34.8 Å². The highest BCUT2D eigenvalue weighted by molar-refractivity contribution is 7.91. The van der Waals surface area contributed by atoms with Crippen LogP contribution >= 0.6 is 0 Å². The first-order valence-electron chi connectivity index (χ1n) is 16.0. The number of carboxylic acid groups (broad SMARTS) is 1. The molecule has 0 spiro atoms. The molecule has 272 valence electrons. The Labute approximate surface area is 292 Å². The van der Waals surface area contributed by atoms with Crippen LogP contribution in [0.2, 0.25) is 0 Å². The molecule has 4 N–H and O–H groups in total. The summed E-state index contributed by atoms with van der Waals surface area (Å²) in [5.41, 5.74) is 4.64. The van der Waals surface area contributed by atoms with Crippen molar-refractivity contribution in [3.8, 4) is 17.0 Å². The molecular weight excluding hydrogens is 689 g/mol. The zero-order chi connectivity index (χ0) is 37.3. The Bertz CT molecular complexity index is 2120. The average molecular weight is 729 g/mol. The summed E-state index contributed by atoms with van der Waals surface area (Å²) in [5.74, 6) is -2.19. The van der Waals surface area contributed by atoms with E-state index in [0.29, 0.717) is 18.7 Å². The molecule has 3 aromatic carbocycles. The van der Waals surface area contributed by atoms with Crippen molar-refractivity contribution < 1.29 is 45.8 Å². The molecular formula is C36H39F3N4O7S. The first-order valence-corrected chi connectivity index (χ1v) is 18.1. The van der Waals surface area contributed by atoms with Gasteiger partial charge in [-0.25, -0.2) is 18.2 Å². The fourth-order valence-electron chi connectivity index (χ4n) is 5.63. The summed E-state index contributed by atoms with van der Waals surface area (Å²) in [7, 11) is -1.70. The van der Waals surface area contributed by atoms with Crippen LogP contribution in [0.5, 0.6) is 5.75 Å². The number of carboxylic acids is 1. The van der Waals surface area contributed by atoms with E-state index in [-0.39, 0.29) is 30.6 Å². The number of ketones is 1. The van der Waals surface area contributed by atoms with Crippen LogP contribution in [-0.4, -0.2) is 71.4 Å². The Balaban J connectivity index is 0.000000755. The van der Waals surface area contributed by atoms with E-state index in [4.69, 9.17) is 14.6 Å². The fourth-order valence-corrected chi connectivity index (χ4v) is 6.36. The molecule has 1 unspecified atom stereocenters. The molecule has 0 aliphatic rings. The number of aliphatic carboxylic acids is 1. The number of alkyl halides is 3. The Kier molecular flexibility index (Phi) is 12.6. The molecule has 0 fully saturated rings. The molecule has 0 radical (unpaired) electrons. The van der Waals surface area contributed by atoms with Crippen molar-refractivity contribution in [3.63, 3.8) is 0 Å². The number of carbonyl (C=O) groups is 3. The van der Waals surface area contributed by atoms with Crippen LogP contribution in [-0.2, 0) is 30.6 Å². The SMILES string of the molecule is COc1ccc2[nH]c(C)c(CC(=O)NC(CCCCCC(=O)CS(C)(=O)=O)c3ncc(-c4ccc5ccccc5c4)[nH]3)c2c1.O=C(O)C(F)(F)F. The quantitative estimate of drug-likeness (QED) is 0.0924. The van der Waals surface area contributed by atoms with Crippen LogP contribution in [0.3, 0.4) is 0 Å². The molecule has 51 heavy (non-hydrogen) atoms. The number of carbonyl (C=O) groups excluding carboxylic acids is 2. The number of benzene rings is 3. The minimum Gasteiger partial charge on any atom is -0.497 e. The number of aromatic amines is 2. The molecule has 0 aliphatic carbocycles. The van der Waals surface area contributed by atoms with Crippen LogP contribution in [0, 0.1) is 6.92 Å². The third-order valence-electron chi connectivity index (χ3n) is 8.10. The summed E-state index contributed by atoms with van der Waals surface area (Å²) in [4.78, 5) is 45.8. The Morgan fingerprint density at radius 2 is 1.69 bits per heavy atom. The number of aryl methyl sites for hydroxylation is 1. The lowest BCUT2D eigenvalue weighted by Gasteiger charge is -2.17. The molecule has 5 rings (SSSR count). The van der Waals surface area contributed by atoms with Crippen molar-refractivity contribution in [2.45, 2.75) is 57.7 Å². The number of rotatable bonds is 14. The summed E-state index contributed by atoms with van der Waals surface area (Å²) >= 11 is 0. The molecule has 0 aliphatic heterocycles. The first kappa shape index (κ1) is 38.6. The topological polar surface area (TPSA) is 171 Å². The molecule has 1 atom stereocenters. The maximum absolute atomic E-state index is 13.5. The van der Waals surface area contributed by atoms with E-state index in [1.54, 1.807) is 13.3 Å². The van der Waals surface area contributed by atoms with E-state index in [1.807, 2.05) is 37.3 Å². The standard InChI is InChI=1S/C34H38N4O5S.C2HF3O2/c1-22-28(29-18-27(43-2)15-16-30(29)36-22)19-33(40)37-31(12-6-4-5-11-26(39)21-44(3,41)42)34-35-20-32(38-34)25-14-13-23-9-7-8-10-24(23)17-25;3-2(4,5)1(6)7/h7-10,13-18,20,31,36H,4-6,11-12,19,21H2,1-3H3,(H,35,38)(H,37,40);(H,6,7). The van der Waals surface area contributed by atoms with Gasteiger partial charge in [-0.05, 0) is 60.4 Å². The van der Waals surface area contributed by atoms with Gasteiger partial charge >= 0.3 is 12.1 Å². The second-order valence-electron chi connectivity index (χ2n) is 12.2. The van der Waals surface area contributed by atoms with Crippen molar-refractivity contribution in [2.75, 3.05) is 19.1 Å². The van der Waals surface area contributed by atoms with Crippen molar-refractivity contribution in [2.24, 2.45) is 0 Å². The van der Waals surface area contributed by atoms with E-state index < -0.39 is 27.7 Å². The second-order valence-corrected chi connectivity index (χ2v) is 14.3. The Morgan fingerprint density at radius 1 is 0.980 bits per heavy atom. The van der Waals surface area contributed by atoms with Crippen molar-refractivity contribution >= 4 is 49.2 Å². The Morgan fingerprint density at radius 3 is 2.35 bits per heavy atom. The molecule has 11 nitrogen and oxygen atoms in total. The molecule has 1 amide bonds. The van der Waals surface area contributed by atoms with Crippen molar-refractivity contribution in [1.82, 2.24) is 20.3 Å². The summed E-state index contributed by atoms with van der Waals surface area (Å²) < 4.78 is 60.0. The summed E-state index contributed by atoms with van der Waals surface area (Å²) in [6, 6.07) is 19.8. The third-order valence-corrected chi connectivity index (χ3v) is 8.95. The molecule has 0 saturated carbocycles. The van der Waals surface area contributed by atoms with E-state index in [0.717, 1.165) is 69.0 Å². The zero-order valence-electron chi connectivity index (χ0n) is 28.3. The van der Waals surface area contributed by atoms with Crippen molar-refractivity contribution in [1.29, 1.82) is 0 Å². The van der Waals surface area contributed by atoms with Gasteiger partial charge in [0.1, 0.15) is 23.1 Å². The molecule has 15 heteroatoms. The van der Waals surface area contributed by atoms with Gasteiger partial charge < -0.3 is 25.1 Å². The number of unbranched alkanes of at least 4 members (excludes halogenated alkanes) is 2. The van der Waals surface area contributed by atoms with Gasteiger partial charge in [0.15, 0.2) is 9.84 Å². The highest BCUT2D eigenvalue weighted by Gasteiger charge is 2.38. The number of fused-ring (bicyclic) bond motifs is 2. The first-order chi connectivity index (χ1) is 24.0. The fraction of sp³-hybridized carbons (Fsp3) is 0.333. The highest BCUT2D eigenvalue weighted by Crippen LogP contribution is 2.29. The molecule has 0 bridgehead atoms. The smallest absolute Gasteiger partial charge is 0.490 e. The predicted molar refractivity (Wildman–Crippen MR) is 187 cm³/mol. The van der Waals surface area contributed by atoms with Gasteiger partial charge in [0.25, 0.3) is 0 Å². The average Bonchev–Trinajstić information content (AvgIpc) is 3.67. The number of hydrogen-bond donors (Lipinski definition) is 4. The van der Waals surface area contributed by atoms with E-state index in [9.17, 15) is 31.2 Å². The van der Waals surface area contributed by atoms with Gasteiger partial charge in [0.2, 0.25) is 5.91 Å². The number of amides is 1. The maximum atomic E-state index is 13.5. The number of aromatic nitrogens is 3. The van der Waals surface area contributed by atoms with Crippen LogP contribution in [0.25, 0.3) is 32.9 Å². The van der Waals surface area contributed by atoms with Gasteiger partial charge in [0.05, 0.1) is 31.5 Å². The molecule has 0 saturated heterocycles. The second kappa shape index (κ2) is 16.7. The number of imidazole rings is 1. The number of hydrogen-bond acceptors (Lipinski definition) is 7. The van der Waals surface area contributed by atoms with Crippen molar-refractivity contribution in [3.05, 3.63) is 83.9 Å². The summed E-state index contributed by atoms with van der Waals surface area (Å²) in [6.07, 6.45) is 0.839. The normalized spacial score (nSPS) is 12.3. The van der Waals surface area contributed by atoms with Crippen LogP contribution < -0.4 is 10.1 Å². The minimum absolute atomic E-state index is 0.131. The predicted octanol–water partition coefficient (Wildman–Crippen LogP) is 6.63. The number of H-pyrrole nitrogens is 2. The van der Waals surface area contributed by atoms with Gasteiger partial charge in [-0.2, -0.15) is 13.2 Å². The zero-order valence-corrected chi connectivity index (χ0v) is 29.1. The van der Waals surface area contributed by atoms with Gasteiger partial charge in [-0.1, -0.05) is 49.2 Å². The highest BCUT2D eigenvalue weighted by atomic mass is 32.2. The lowest BCUT2D eigenvalue weighted by molar-refractivity contribution is -0.192. The number of methoxy groups -OCH3 is 1. The van der Waals surface area contributed by atoms with Crippen LogP contribution in [0.4, 0.5) is 13.2 Å². The largest absolute Gasteiger partial charge is 0.497 e. The van der Waals surface area contributed by atoms with Crippen LogP contribution in [0.1, 0.15) is 55.2 Å². The number of ether oxygens (including phenoxy) is 1. The maximum Gasteiger partial charge on any atom is 0.490 e. The Hall–Kier alpha value is -5.18. The van der Waals surface area contributed by atoms with E-state index >= 15 is 0 Å². The monoisotopic (exact) mass is 728 g/mol. The number of nitrogens with one attached hydrogen (secondary N) is 3. The minimum atomic E-state index is -5.08. The van der Waals surface area contributed by atoms with E-state index in [2.05, 4.69) is 50.6 Å². The lowest BCUT2D eigenvalue weighted by atomic mass is 10.0. The van der Waals surface area contributed by atoms with Crippen LogP contribution in [0.15, 0.2) is 66.9 Å². The molecule has 2 aromatic heterocycles. The summed E-state index contributed by atoms with van der Waals surface area (Å²) in [6.45, 7) is 1.96. The number of nitrogens with zero attached hydrogens (tertiary/aromatic N) is 1. The summed E-state index contributed by atoms with van der Waals surface area (Å²) in [5, 5.41) is 13.5. The van der Waals surface area contributed by atoms with Gasteiger partial charge in [-0.3, -0.25) is 9.59 Å². The lowest BCUT2D eigenvalue weighted by Crippen LogP contribution is -2.30. The molecule has 5 aromatic rings. The number of sulfone groups is 1. The van der Waals surface area contributed by atoms with E-state index in [1.165, 1.54) is 0 Å². The van der Waals surface area contributed by atoms with Gasteiger partial charge in [-0.15, -0.1) is 0 Å². The third kappa shape index (κ3) is 11.2. The number of halogens is 3. The number of Topliss-reactive ketones (excluding diaryl/α,β-unsaturated/α-hetero) is 1.